The molecule has 1 nitrogen and oxygen atoms in total. The summed E-state index contributed by atoms with van der Waals surface area (Å²) in [5.74, 6) is 1.36. The number of rotatable bonds is 5. The molecule has 2 unspecified atom stereocenters. The van der Waals surface area contributed by atoms with Crippen LogP contribution in [0.3, 0.4) is 0 Å². The van der Waals surface area contributed by atoms with Crippen LogP contribution in [0, 0.1) is 17.7 Å². The fourth-order valence-corrected chi connectivity index (χ4v) is 3.65. The van der Waals surface area contributed by atoms with Crippen molar-refractivity contribution >= 4 is 15.9 Å². The summed E-state index contributed by atoms with van der Waals surface area (Å²) >= 11 is 3.55. The van der Waals surface area contributed by atoms with Crippen molar-refractivity contribution in [2.24, 2.45) is 11.8 Å². The van der Waals surface area contributed by atoms with Crippen LogP contribution in [-0.4, -0.2) is 12.6 Å². The van der Waals surface area contributed by atoms with E-state index in [1.807, 2.05) is 6.07 Å². The van der Waals surface area contributed by atoms with Crippen molar-refractivity contribution < 1.29 is 4.39 Å². The Morgan fingerprint density at radius 1 is 1.16 bits per heavy atom. The van der Waals surface area contributed by atoms with Crippen LogP contribution in [0.5, 0.6) is 0 Å². The van der Waals surface area contributed by atoms with Gasteiger partial charge in [-0.25, -0.2) is 4.39 Å². The predicted octanol–water partition coefficient (Wildman–Crippen LogP) is 4.30. The Labute approximate surface area is 123 Å². The standard InChI is InChI=1S/C16H21BrFN/c17-16-7-4-14(18)9-13(16)8-11-2-1-3-12(11)10-19-15-5-6-15/h4,7,9,11-12,15,19H,1-3,5-6,8,10H2. The van der Waals surface area contributed by atoms with Crippen LogP contribution in [-0.2, 0) is 6.42 Å². The largest absolute Gasteiger partial charge is 0.314 e. The molecule has 0 bridgehead atoms. The van der Waals surface area contributed by atoms with Crippen molar-refractivity contribution in [2.45, 2.75) is 44.6 Å². The highest BCUT2D eigenvalue weighted by Gasteiger charge is 2.30. The highest BCUT2D eigenvalue weighted by Crippen LogP contribution is 2.36. The second-order valence-corrected chi connectivity index (χ2v) is 6.93. The molecule has 0 spiro atoms. The van der Waals surface area contributed by atoms with E-state index in [9.17, 15) is 4.39 Å². The highest BCUT2D eigenvalue weighted by molar-refractivity contribution is 9.10. The van der Waals surface area contributed by atoms with E-state index < -0.39 is 0 Å². The molecule has 104 valence electrons. The van der Waals surface area contributed by atoms with E-state index in [1.165, 1.54) is 38.2 Å². The first kappa shape index (κ1) is 13.6. The fourth-order valence-electron chi connectivity index (χ4n) is 3.24. The molecule has 1 N–H and O–H groups in total. The van der Waals surface area contributed by atoms with Gasteiger partial charge in [-0.2, -0.15) is 0 Å². The second kappa shape index (κ2) is 5.92. The maximum absolute atomic E-state index is 13.3. The van der Waals surface area contributed by atoms with Gasteiger partial charge >= 0.3 is 0 Å². The first-order chi connectivity index (χ1) is 9.22. The molecule has 3 heteroatoms. The zero-order chi connectivity index (χ0) is 13.2. The van der Waals surface area contributed by atoms with Crippen molar-refractivity contribution in [2.75, 3.05) is 6.54 Å². The van der Waals surface area contributed by atoms with E-state index in [0.717, 1.165) is 35.0 Å². The number of benzene rings is 1. The minimum absolute atomic E-state index is 0.121. The quantitative estimate of drug-likeness (QED) is 0.851. The van der Waals surface area contributed by atoms with E-state index in [-0.39, 0.29) is 5.82 Å². The Morgan fingerprint density at radius 3 is 2.74 bits per heavy atom. The SMILES string of the molecule is Fc1ccc(Br)c(CC2CCCC2CNC2CC2)c1. The molecule has 3 rings (SSSR count). The Hall–Kier alpha value is -0.410. The fraction of sp³-hybridized carbons (Fsp3) is 0.625. The van der Waals surface area contributed by atoms with Gasteiger partial charge in [0, 0.05) is 10.5 Å². The molecule has 2 aliphatic rings. The van der Waals surface area contributed by atoms with Crippen LogP contribution < -0.4 is 5.32 Å². The summed E-state index contributed by atoms with van der Waals surface area (Å²) in [5, 5.41) is 3.65. The summed E-state index contributed by atoms with van der Waals surface area (Å²) in [6.07, 6.45) is 7.67. The Bertz CT molecular complexity index is 444. The van der Waals surface area contributed by atoms with E-state index >= 15 is 0 Å². The lowest BCUT2D eigenvalue weighted by Crippen LogP contribution is -2.27. The summed E-state index contributed by atoms with van der Waals surface area (Å²) in [4.78, 5) is 0. The molecule has 0 aliphatic heterocycles. The topological polar surface area (TPSA) is 12.0 Å². The second-order valence-electron chi connectivity index (χ2n) is 6.07. The number of halogens is 2. The lowest BCUT2D eigenvalue weighted by atomic mass is 9.89. The van der Waals surface area contributed by atoms with Gasteiger partial charge in [-0.3, -0.25) is 0 Å². The Balaban J connectivity index is 1.61. The van der Waals surface area contributed by atoms with Crippen molar-refractivity contribution in [1.82, 2.24) is 5.32 Å². The van der Waals surface area contributed by atoms with Crippen LogP contribution in [0.25, 0.3) is 0 Å². The van der Waals surface area contributed by atoms with Gasteiger partial charge in [0.2, 0.25) is 0 Å². The smallest absolute Gasteiger partial charge is 0.123 e. The lowest BCUT2D eigenvalue weighted by Gasteiger charge is -2.20. The zero-order valence-corrected chi connectivity index (χ0v) is 12.8. The van der Waals surface area contributed by atoms with E-state index in [0.29, 0.717) is 5.92 Å². The molecule has 0 heterocycles. The molecule has 1 aromatic rings. The number of hydrogen-bond acceptors (Lipinski definition) is 1. The maximum Gasteiger partial charge on any atom is 0.123 e. The molecule has 0 aromatic heterocycles. The van der Waals surface area contributed by atoms with Crippen molar-refractivity contribution in [3.05, 3.63) is 34.1 Å². The van der Waals surface area contributed by atoms with Crippen LogP contribution in [0.15, 0.2) is 22.7 Å². The Kier molecular flexibility index (Phi) is 4.23. The molecule has 2 aliphatic carbocycles. The molecule has 1 aromatic carbocycles. The third-order valence-corrected chi connectivity index (χ3v) is 5.33. The minimum atomic E-state index is -0.121. The zero-order valence-electron chi connectivity index (χ0n) is 11.2. The van der Waals surface area contributed by atoms with Crippen LogP contribution in [0.2, 0.25) is 0 Å². The first-order valence-corrected chi connectivity index (χ1v) is 8.19. The predicted molar refractivity (Wildman–Crippen MR) is 79.7 cm³/mol. The van der Waals surface area contributed by atoms with Gasteiger partial charge in [0.05, 0.1) is 0 Å². The van der Waals surface area contributed by atoms with Gasteiger partial charge in [0.1, 0.15) is 5.82 Å². The van der Waals surface area contributed by atoms with Crippen LogP contribution in [0.4, 0.5) is 4.39 Å². The third kappa shape index (κ3) is 3.57. The first-order valence-electron chi connectivity index (χ1n) is 7.39. The summed E-state index contributed by atoms with van der Waals surface area (Å²) in [6, 6.07) is 5.83. The van der Waals surface area contributed by atoms with Crippen LogP contribution in [0.1, 0.15) is 37.7 Å². The Morgan fingerprint density at radius 2 is 1.95 bits per heavy atom. The number of nitrogens with one attached hydrogen (secondary N) is 1. The minimum Gasteiger partial charge on any atom is -0.314 e. The maximum atomic E-state index is 13.3. The molecule has 2 atom stereocenters. The van der Waals surface area contributed by atoms with Gasteiger partial charge in [-0.05, 0) is 74.2 Å². The lowest BCUT2D eigenvalue weighted by molar-refractivity contribution is 0.363. The summed E-state index contributed by atoms with van der Waals surface area (Å²) in [6.45, 7) is 1.16. The molecule has 2 saturated carbocycles. The van der Waals surface area contributed by atoms with E-state index in [2.05, 4.69) is 21.2 Å². The summed E-state index contributed by atoms with van der Waals surface area (Å²) in [5.41, 5.74) is 1.13. The van der Waals surface area contributed by atoms with Gasteiger partial charge in [-0.1, -0.05) is 22.4 Å². The molecular formula is C16H21BrFN. The third-order valence-electron chi connectivity index (χ3n) is 4.55. The average Bonchev–Trinajstić information content (AvgIpc) is 3.12. The molecular weight excluding hydrogens is 305 g/mol. The van der Waals surface area contributed by atoms with Gasteiger partial charge in [-0.15, -0.1) is 0 Å². The van der Waals surface area contributed by atoms with Crippen molar-refractivity contribution in [3.63, 3.8) is 0 Å². The van der Waals surface area contributed by atoms with Gasteiger partial charge in [0.25, 0.3) is 0 Å². The van der Waals surface area contributed by atoms with Gasteiger partial charge in [0.15, 0.2) is 0 Å². The van der Waals surface area contributed by atoms with Gasteiger partial charge < -0.3 is 5.32 Å². The average molecular weight is 326 g/mol. The monoisotopic (exact) mass is 325 g/mol. The van der Waals surface area contributed by atoms with E-state index in [1.54, 1.807) is 6.07 Å². The normalized spacial score (nSPS) is 26.8. The summed E-state index contributed by atoms with van der Waals surface area (Å²) in [7, 11) is 0. The number of hydrogen-bond donors (Lipinski definition) is 1. The van der Waals surface area contributed by atoms with Crippen molar-refractivity contribution in [1.29, 1.82) is 0 Å². The molecule has 0 saturated heterocycles. The summed E-state index contributed by atoms with van der Waals surface area (Å²) < 4.78 is 14.4. The highest BCUT2D eigenvalue weighted by atomic mass is 79.9. The van der Waals surface area contributed by atoms with E-state index in [4.69, 9.17) is 0 Å². The van der Waals surface area contributed by atoms with Crippen molar-refractivity contribution in [3.8, 4) is 0 Å². The molecule has 19 heavy (non-hydrogen) atoms. The molecule has 2 fully saturated rings. The van der Waals surface area contributed by atoms with Crippen LogP contribution >= 0.6 is 15.9 Å². The molecule has 0 amide bonds. The molecule has 0 radical (unpaired) electrons.